The summed E-state index contributed by atoms with van der Waals surface area (Å²) in [5.74, 6) is 8.00. The number of benzene rings is 1. The number of amidine groups is 1. The minimum atomic E-state index is -0.0865. The lowest BCUT2D eigenvalue weighted by Gasteiger charge is -2.47. The van der Waals surface area contributed by atoms with Gasteiger partial charge in [-0.2, -0.15) is 0 Å². The van der Waals surface area contributed by atoms with Crippen molar-refractivity contribution in [1.29, 1.82) is 0 Å². The molecule has 8 nitrogen and oxygen atoms in total. The number of nitrogens with one attached hydrogen (secondary N) is 1. The highest BCUT2D eigenvalue weighted by Crippen LogP contribution is 2.33. The van der Waals surface area contributed by atoms with Gasteiger partial charge in [0.05, 0.1) is 32.5 Å². The summed E-state index contributed by atoms with van der Waals surface area (Å²) in [6.07, 6.45) is 5.41. The fraction of sp³-hybridized carbons (Fsp3) is 0.593. The lowest BCUT2D eigenvalue weighted by molar-refractivity contribution is 0.00854. The molecule has 2 atom stereocenters. The summed E-state index contributed by atoms with van der Waals surface area (Å²) in [7, 11) is 0. The van der Waals surface area contributed by atoms with Crippen molar-refractivity contribution in [3.05, 3.63) is 59.8 Å². The number of hydrogen-bond acceptors (Lipinski definition) is 8. The number of piperidine rings is 1. The minimum Gasteiger partial charge on any atom is -0.379 e. The smallest absolute Gasteiger partial charge is 0.134 e. The molecule has 0 bridgehead atoms. The Hall–Kier alpha value is -2.23. The van der Waals surface area contributed by atoms with Crippen molar-refractivity contribution in [3.8, 4) is 0 Å². The van der Waals surface area contributed by atoms with Crippen LogP contribution in [0.2, 0.25) is 0 Å². The average Bonchev–Trinajstić information content (AvgIpc) is 2.94. The highest BCUT2D eigenvalue weighted by Gasteiger charge is 2.40. The Bertz CT molecular complexity index is 900. The van der Waals surface area contributed by atoms with Crippen molar-refractivity contribution in [3.63, 3.8) is 0 Å². The van der Waals surface area contributed by atoms with Crippen LogP contribution in [-0.4, -0.2) is 98.4 Å². The van der Waals surface area contributed by atoms with Crippen LogP contribution >= 0.6 is 0 Å². The predicted octanol–water partition coefficient (Wildman–Crippen LogP) is 1.62. The summed E-state index contributed by atoms with van der Waals surface area (Å²) in [6.45, 7) is 12.6. The van der Waals surface area contributed by atoms with E-state index in [1.54, 1.807) is 0 Å². The van der Waals surface area contributed by atoms with E-state index in [1.165, 1.54) is 24.1 Å². The van der Waals surface area contributed by atoms with Gasteiger partial charge in [-0.25, -0.2) is 10.4 Å². The number of aliphatic imine (C=N–C) groups is 1. The third kappa shape index (κ3) is 5.47. The van der Waals surface area contributed by atoms with E-state index in [0.717, 1.165) is 83.5 Å². The first kappa shape index (κ1) is 24.5. The standard InChI is InChI=1S/C27H40N6O2/c1-2-23-25(31-10-8-22(9-11-31)20-21-6-4-3-5-7-21)24(30-28)27(33-14-18-35-19-15-33)29-26(23)32-12-16-34-17-13-32/h2-7,22,24,27,30H,1,8-20,28H2. The number of hydrazine groups is 1. The Kier molecular flexibility index (Phi) is 8.16. The van der Waals surface area contributed by atoms with Gasteiger partial charge in [0.15, 0.2) is 0 Å². The van der Waals surface area contributed by atoms with Gasteiger partial charge in [0, 0.05) is 50.5 Å². The molecule has 0 aromatic heterocycles. The van der Waals surface area contributed by atoms with Crippen molar-refractivity contribution in [2.75, 3.05) is 65.7 Å². The van der Waals surface area contributed by atoms with Gasteiger partial charge >= 0.3 is 0 Å². The number of dihydropyridines is 1. The molecule has 0 saturated carbocycles. The molecule has 5 rings (SSSR count). The van der Waals surface area contributed by atoms with E-state index in [1.807, 2.05) is 6.08 Å². The molecule has 8 heteroatoms. The van der Waals surface area contributed by atoms with Gasteiger partial charge in [-0.05, 0) is 30.7 Å². The zero-order valence-electron chi connectivity index (χ0n) is 20.8. The van der Waals surface area contributed by atoms with Crippen LogP contribution in [-0.2, 0) is 15.9 Å². The molecule has 3 fully saturated rings. The molecule has 1 aromatic rings. The SMILES string of the molecule is C=CC1=C(N2CCC(Cc3ccccc3)CC2)C(NN)C(N2CCOCC2)N=C1N1CCOCC1. The molecule has 0 spiro atoms. The third-order valence-corrected chi connectivity index (χ3v) is 7.80. The minimum absolute atomic E-state index is 0.0671. The number of morpholine rings is 2. The van der Waals surface area contributed by atoms with Crippen LogP contribution < -0.4 is 11.3 Å². The van der Waals surface area contributed by atoms with Gasteiger partial charge in [-0.3, -0.25) is 10.7 Å². The average molecular weight is 481 g/mol. The fourth-order valence-corrected chi connectivity index (χ4v) is 5.91. The number of nitrogens with two attached hydrogens (primary N) is 1. The third-order valence-electron chi connectivity index (χ3n) is 7.80. The molecule has 0 aliphatic carbocycles. The van der Waals surface area contributed by atoms with Gasteiger partial charge in [0.1, 0.15) is 12.0 Å². The van der Waals surface area contributed by atoms with Gasteiger partial charge in [-0.15, -0.1) is 0 Å². The van der Waals surface area contributed by atoms with Crippen LogP contribution in [0, 0.1) is 5.92 Å². The topological polar surface area (TPSA) is 78.6 Å². The Morgan fingerprint density at radius 2 is 1.60 bits per heavy atom. The first-order chi connectivity index (χ1) is 17.3. The van der Waals surface area contributed by atoms with E-state index in [9.17, 15) is 0 Å². The lowest BCUT2D eigenvalue weighted by atomic mass is 9.88. The second kappa shape index (κ2) is 11.7. The normalized spacial score (nSPS) is 27.2. The lowest BCUT2D eigenvalue weighted by Crippen LogP contribution is -2.61. The van der Waals surface area contributed by atoms with Crippen molar-refractivity contribution in [2.45, 2.75) is 31.5 Å². The maximum Gasteiger partial charge on any atom is 0.134 e. The monoisotopic (exact) mass is 480 g/mol. The summed E-state index contributed by atoms with van der Waals surface area (Å²) in [5, 5.41) is 0. The maximum atomic E-state index is 6.26. The summed E-state index contributed by atoms with van der Waals surface area (Å²) >= 11 is 0. The van der Waals surface area contributed by atoms with Crippen LogP contribution in [0.3, 0.4) is 0 Å². The van der Waals surface area contributed by atoms with Gasteiger partial charge in [0.25, 0.3) is 0 Å². The summed E-state index contributed by atoms with van der Waals surface area (Å²) < 4.78 is 11.3. The highest BCUT2D eigenvalue weighted by atomic mass is 16.5. The van der Waals surface area contributed by atoms with Gasteiger partial charge in [0.2, 0.25) is 0 Å². The molecule has 3 N–H and O–H groups in total. The molecular formula is C27H40N6O2. The molecule has 35 heavy (non-hydrogen) atoms. The summed E-state index contributed by atoms with van der Waals surface area (Å²) in [5.41, 5.74) is 6.95. The van der Waals surface area contributed by atoms with Crippen molar-refractivity contribution in [1.82, 2.24) is 20.1 Å². The second-order valence-corrected chi connectivity index (χ2v) is 9.88. The fourth-order valence-electron chi connectivity index (χ4n) is 5.91. The van der Waals surface area contributed by atoms with E-state index in [-0.39, 0.29) is 12.2 Å². The Labute approximate surface area is 209 Å². The zero-order chi connectivity index (χ0) is 24.0. The number of rotatable bonds is 6. The van der Waals surface area contributed by atoms with Crippen LogP contribution in [0.25, 0.3) is 0 Å². The molecule has 0 amide bonds. The van der Waals surface area contributed by atoms with E-state index in [2.05, 4.69) is 57.0 Å². The molecule has 2 unspecified atom stereocenters. The molecule has 1 aromatic carbocycles. The summed E-state index contributed by atoms with van der Waals surface area (Å²) in [4.78, 5) is 12.6. The predicted molar refractivity (Wildman–Crippen MR) is 139 cm³/mol. The van der Waals surface area contributed by atoms with E-state index >= 15 is 0 Å². The zero-order valence-corrected chi connectivity index (χ0v) is 20.8. The molecule has 4 aliphatic heterocycles. The quantitative estimate of drug-likeness (QED) is 0.473. The Morgan fingerprint density at radius 1 is 0.943 bits per heavy atom. The van der Waals surface area contributed by atoms with Crippen molar-refractivity contribution < 1.29 is 9.47 Å². The maximum absolute atomic E-state index is 6.26. The number of nitrogens with zero attached hydrogens (tertiary/aromatic N) is 4. The molecule has 190 valence electrons. The molecule has 3 saturated heterocycles. The first-order valence-corrected chi connectivity index (χ1v) is 13.1. The Balaban J connectivity index is 1.41. The van der Waals surface area contributed by atoms with Crippen LogP contribution in [0.15, 0.2) is 59.2 Å². The molecule has 0 radical (unpaired) electrons. The highest BCUT2D eigenvalue weighted by molar-refractivity contribution is 6.02. The first-order valence-electron chi connectivity index (χ1n) is 13.1. The number of likely N-dealkylation sites (tertiary alicyclic amines) is 1. The van der Waals surface area contributed by atoms with Gasteiger partial charge in [-0.1, -0.05) is 43.0 Å². The Morgan fingerprint density at radius 3 is 2.23 bits per heavy atom. The van der Waals surface area contributed by atoms with Gasteiger partial charge < -0.3 is 19.3 Å². The van der Waals surface area contributed by atoms with E-state index in [0.29, 0.717) is 5.92 Å². The molecule has 4 aliphatic rings. The second-order valence-electron chi connectivity index (χ2n) is 9.88. The molecular weight excluding hydrogens is 440 g/mol. The molecule has 4 heterocycles. The van der Waals surface area contributed by atoms with E-state index in [4.69, 9.17) is 20.3 Å². The summed E-state index contributed by atoms with van der Waals surface area (Å²) in [6, 6.07) is 10.8. The van der Waals surface area contributed by atoms with Crippen LogP contribution in [0.4, 0.5) is 0 Å². The van der Waals surface area contributed by atoms with Crippen LogP contribution in [0.1, 0.15) is 18.4 Å². The largest absolute Gasteiger partial charge is 0.379 e. The van der Waals surface area contributed by atoms with Crippen LogP contribution in [0.5, 0.6) is 0 Å². The number of hydrogen-bond donors (Lipinski definition) is 2. The van der Waals surface area contributed by atoms with Crippen molar-refractivity contribution >= 4 is 5.84 Å². The number of ether oxygens (including phenoxy) is 2. The van der Waals surface area contributed by atoms with Crippen molar-refractivity contribution in [2.24, 2.45) is 16.8 Å². The van der Waals surface area contributed by atoms with E-state index < -0.39 is 0 Å².